The fraction of sp³-hybridized carbons (Fsp3) is 0.227. The average Bonchev–Trinajstić information content (AvgIpc) is 2.80. The van der Waals surface area contributed by atoms with Gasteiger partial charge in [-0.1, -0.05) is 12.1 Å². The SMILES string of the molecule is COc1ccc(CCNc2ccc(NS(=O)(=O)c3cc(OC)ccc3OC)cn2)cc1. The van der Waals surface area contributed by atoms with Crippen molar-refractivity contribution < 1.29 is 22.6 Å². The van der Waals surface area contributed by atoms with Crippen molar-refractivity contribution in [2.75, 3.05) is 37.9 Å². The van der Waals surface area contributed by atoms with Crippen molar-refractivity contribution in [1.29, 1.82) is 0 Å². The zero-order valence-corrected chi connectivity index (χ0v) is 18.4. The summed E-state index contributed by atoms with van der Waals surface area (Å²) in [6.45, 7) is 0.686. The van der Waals surface area contributed by atoms with Gasteiger partial charge < -0.3 is 19.5 Å². The van der Waals surface area contributed by atoms with Gasteiger partial charge in [0.15, 0.2) is 0 Å². The first-order valence-corrected chi connectivity index (χ1v) is 11.0. The topological polar surface area (TPSA) is 98.8 Å². The Morgan fingerprint density at radius 1 is 0.871 bits per heavy atom. The molecule has 8 nitrogen and oxygen atoms in total. The highest BCUT2D eigenvalue weighted by atomic mass is 32.2. The molecule has 0 spiro atoms. The number of nitrogens with zero attached hydrogens (tertiary/aromatic N) is 1. The summed E-state index contributed by atoms with van der Waals surface area (Å²) >= 11 is 0. The van der Waals surface area contributed by atoms with Crippen LogP contribution in [0.1, 0.15) is 5.56 Å². The molecule has 31 heavy (non-hydrogen) atoms. The van der Waals surface area contributed by atoms with Crippen LogP contribution in [0.5, 0.6) is 17.2 Å². The van der Waals surface area contributed by atoms with Crippen LogP contribution in [-0.2, 0) is 16.4 Å². The highest BCUT2D eigenvalue weighted by Gasteiger charge is 2.21. The fourth-order valence-corrected chi connectivity index (χ4v) is 4.12. The van der Waals surface area contributed by atoms with Gasteiger partial charge in [-0.05, 0) is 48.4 Å². The van der Waals surface area contributed by atoms with Gasteiger partial charge in [0.1, 0.15) is 28.0 Å². The van der Waals surface area contributed by atoms with Crippen LogP contribution in [0.25, 0.3) is 0 Å². The molecule has 1 heterocycles. The molecular weight excluding hydrogens is 418 g/mol. The monoisotopic (exact) mass is 443 g/mol. The lowest BCUT2D eigenvalue weighted by molar-refractivity contribution is 0.392. The quantitative estimate of drug-likeness (QED) is 0.494. The molecule has 0 fully saturated rings. The smallest absolute Gasteiger partial charge is 0.265 e. The summed E-state index contributed by atoms with van der Waals surface area (Å²) in [7, 11) is 0.632. The minimum atomic E-state index is -3.89. The first-order valence-electron chi connectivity index (χ1n) is 9.53. The van der Waals surface area contributed by atoms with E-state index in [0.717, 1.165) is 12.2 Å². The molecule has 9 heteroatoms. The van der Waals surface area contributed by atoms with Gasteiger partial charge in [0, 0.05) is 12.6 Å². The number of rotatable bonds is 10. The maximum Gasteiger partial charge on any atom is 0.265 e. The molecule has 0 aliphatic heterocycles. The van der Waals surface area contributed by atoms with Crippen molar-refractivity contribution in [1.82, 2.24) is 4.98 Å². The molecule has 3 aromatic rings. The average molecular weight is 444 g/mol. The second-order valence-corrected chi connectivity index (χ2v) is 8.23. The van der Waals surface area contributed by atoms with Gasteiger partial charge in [0.25, 0.3) is 10.0 Å². The third-order valence-corrected chi connectivity index (χ3v) is 5.96. The molecule has 164 valence electrons. The second-order valence-electron chi connectivity index (χ2n) is 6.58. The molecule has 1 aromatic heterocycles. The molecule has 0 saturated heterocycles. The number of benzene rings is 2. The van der Waals surface area contributed by atoms with Crippen molar-refractivity contribution in [2.24, 2.45) is 0 Å². The predicted octanol–water partition coefficient (Wildman–Crippen LogP) is 3.56. The van der Waals surface area contributed by atoms with E-state index in [0.29, 0.717) is 23.8 Å². The molecular formula is C22H25N3O5S. The number of anilines is 2. The summed E-state index contributed by atoms with van der Waals surface area (Å²) in [4.78, 5) is 4.26. The van der Waals surface area contributed by atoms with E-state index < -0.39 is 10.0 Å². The van der Waals surface area contributed by atoms with Gasteiger partial charge in [-0.3, -0.25) is 4.72 Å². The van der Waals surface area contributed by atoms with Crippen molar-refractivity contribution in [3.63, 3.8) is 0 Å². The summed E-state index contributed by atoms with van der Waals surface area (Å²) in [5.41, 5.74) is 1.51. The zero-order chi connectivity index (χ0) is 22.3. The summed E-state index contributed by atoms with van der Waals surface area (Å²) in [5, 5.41) is 3.22. The molecule has 2 N–H and O–H groups in total. The minimum absolute atomic E-state index is 0.0176. The molecule has 0 atom stereocenters. The number of methoxy groups -OCH3 is 3. The number of pyridine rings is 1. The van der Waals surface area contributed by atoms with Crippen LogP contribution in [0.2, 0.25) is 0 Å². The van der Waals surface area contributed by atoms with Gasteiger partial charge in [-0.15, -0.1) is 0 Å². The molecule has 0 saturated carbocycles. The van der Waals surface area contributed by atoms with Gasteiger partial charge in [-0.25, -0.2) is 13.4 Å². The van der Waals surface area contributed by atoms with E-state index in [4.69, 9.17) is 14.2 Å². The number of nitrogens with one attached hydrogen (secondary N) is 2. The van der Waals surface area contributed by atoms with E-state index in [1.54, 1.807) is 31.4 Å². The van der Waals surface area contributed by atoms with Crippen LogP contribution >= 0.6 is 0 Å². The molecule has 0 radical (unpaired) electrons. The van der Waals surface area contributed by atoms with Gasteiger partial charge in [-0.2, -0.15) is 0 Å². The number of sulfonamides is 1. The Kier molecular flexibility index (Phi) is 7.19. The van der Waals surface area contributed by atoms with E-state index in [1.807, 2.05) is 24.3 Å². The third kappa shape index (κ3) is 5.79. The lowest BCUT2D eigenvalue weighted by atomic mass is 10.1. The van der Waals surface area contributed by atoms with Crippen LogP contribution < -0.4 is 24.2 Å². The van der Waals surface area contributed by atoms with Crippen LogP contribution in [-0.4, -0.2) is 41.3 Å². The fourth-order valence-electron chi connectivity index (χ4n) is 2.89. The van der Waals surface area contributed by atoms with Crippen molar-refractivity contribution in [3.8, 4) is 17.2 Å². The van der Waals surface area contributed by atoms with E-state index in [-0.39, 0.29) is 10.6 Å². The van der Waals surface area contributed by atoms with Crippen molar-refractivity contribution in [3.05, 3.63) is 66.4 Å². The Morgan fingerprint density at radius 3 is 2.19 bits per heavy atom. The van der Waals surface area contributed by atoms with Crippen molar-refractivity contribution >= 4 is 21.5 Å². The standard InChI is InChI=1S/C22H25N3O5S/c1-28-18-7-4-16(5-8-18)12-13-23-22-11-6-17(15-24-22)25-31(26,27)21-14-19(29-2)9-10-20(21)30-3/h4-11,14-15,25H,12-13H2,1-3H3,(H,23,24). The molecule has 3 rings (SSSR count). The van der Waals surface area contributed by atoms with Crippen LogP contribution in [0.15, 0.2) is 65.7 Å². The number of aromatic nitrogens is 1. The predicted molar refractivity (Wildman–Crippen MR) is 120 cm³/mol. The first-order chi connectivity index (χ1) is 14.9. The Morgan fingerprint density at radius 2 is 1.58 bits per heavy atom. The highest BCUT2D eigenvalue weighted by molar-refractivity contribution is 7.92. The number of ether oxygens (including phenoxy) is 3. The Balaban J connectivity index is 1.62. The third-order valence-electron chi connectivity index (χ3n) is 4.55. The lowest BCUT2D eigenvalue weighted by Crippen LogP contribution is -2.14. The highest BCUT2D eigenvalue weighted by Crippen LogP contribution is 2.29. The second kappa shape index (κ2) is 10.0. The molecule has 0 aliphatic rings. The lowest BCUT2D eigenvalue weighted by Gasteiger charge is -2.13. The number of hydrogen-bond donors (Lipinski definition) is 2. The largest absolute Gasteiger partial charge is 0.497 e. The summed E-state index contributed by atoms with van der Waals surface area (Å²) in [5.74, 6) is 2.10. The Hall–Kier alpha value is -3.46. The normalized spacial score (nSPS) is 10.9. The van der Waals surface area contributed by atoms with Crippen LogP contribution in [0, 0.1) is 0 Å². The van der Waals surface area contributed by atoms with E-state index in [9.17, 15) is 8.42 Å². The molecule has 2 aromatic carbocycles. The number of hydrogen-bond acceptors (Lipinski definition) is 7. The van der Waals surface area contributed by atoms with Gasteiger partial charge in [0.2, 0.25) is 0 Å². The first kappa shape index (κ1) is 22.2. The summed E-state index contributed by atoms with van der Waals surface area (Å²) < 4.78 is 43.6. The zero-order valence-electron chi connectivity index (χ0n) is 17.6. The van der Waals surface area contributed by atoms with Gasteiger partial charge >= 0.3 is 0 Å². The van der Waals surface area contributed by atoms with Crippen LogP contribution in [0.4, 0.5) is 11.5 Å². The minimum Gasteiger partial charge on any atom is -0.497 e. The van der Waals surface area contributed by atoms with E-state index >= 15 is 0 Å². The summed E-state index contributed by atoms with van der Waals surface area (Å²) in [6.07, 6.45) is 2.27. The summed E-state index contributed by atoms with van der Waals surface area (Å²) in [6, 6.07) is 15.8. The Labute approximate surface area is 182 Å². The molecule has 0 amide bonds. The molecule has 0 unspecified atom stereocenters. The van der Waals surface area contributed by atoms with Crippen molar-refractivity contribution in [2.45, 2.75) is 11.3 Å². The van der Waals surface area contributed by atoms with E-state index in [1.165, 1.54) is 32.0 Å². The molecule has 0 bridgehead atoms. The van der Waals surface area contributed by atoms with Gasteiger partial charge in [0.05, 0.1) is 33.2 Å². The van der Waals surface area contributed by atoms with Crippen LogP contribution in [0.3, 0.4) is 0 Å². The molecule has 0 aliphatic carbocycles. The van der Waals surface area contributed by atoms with E-state index in [2.05, 4.69) is 15.0 Å². The maximum absolute atomic E-state index is 12.8. The Bertz CT molecular complexity index is 1100. The maximum atomic E-state index is 12.8.